The van der Waals surface area contributed by atoms with E-state index in [0.717, 1.165) is 0 Å². The van der Waals surface area contributed by atoms with Gasteiger partial charge in [-0.2, -0.15) is 0 Å². The summed E-state index contributed by atoms with van der Waals surface area (Å²) in [6.45, 7) is 7.40. The van der Waals surface area contributed by atoms with E-state index in [1.165, 1.54) is 24.3 Å². The number of non-ortho nitro benzene ring substituents is 1. The van der Waals surface area contributed by atoms with Crippen molar-refractivity contribution in [2.75, 3.05) is 6.61 Å². The van der Waals surface area contributed by atoms with Gasteiger partial charge in [0.05, 0.1) is 11.5 Å². The summed E-state index contributed by atoms with van der Waals surface area (Å²) in [5.41, 5.74) is -0.0796. The van der Waals surface area contributed by atoms with Crippen LogP contribution in [0, 0.1) is 10.1 Å². The molecule has 3 fully saturated rings. The van der Waals surface area contributed by atoms with Crippen LogP contribution in [0.5, 0.6) is 5.75 Å². The average molecular weight is 505 g/mol. The Hall–Kier alpha value is -2.33. The minimum atomic E-state index is -3.75. The Bertz CT molecular complexity index is 1140. The van der Waals surface area contributed by atoms with Gasteiger partial charge in [0.1, 0.15) is 30.2 Å². The lowest BCUT2D eigenvalue weighted by Gasteiger charge is -2.43. The summed E-state index contributed by atoms with van der Waals surface area (Å²) >= 11 is 0. The Morgan fingerprint density at radius 2 is 1.57 bits per heavy atom. The highest BCUT2D eigenvalue weighted by molar-refractivity contribution is 7.67. The minimum absolute atomic E-state index is 0.0796. The van der Waals surface area contributed by atoms with Crippen LogP contribution in [-0.2, 0) is 28.0 Å². The molecule has 10 nitrogen and oxygen atoms in total. The maximum atomic E-state index is 14.7. The third-order valence-corrected chi connectivity index (χ3v) is 8.84. The van der Waals surface area contributed by atoms with Gasteiger partial charge in [-0.05, 0) is 52.0 Å². The summed E-state index contributed by atoms with van der Waals surface area (Å²) < 4.78 is 51.7. The van der Waals surface area contributed by atoms with Crippen LogP contribution in [0.3, 0.4) is 0 Å². The zero-order chi connectivity index (χ0) is 25.0. The molecule has 5 rings (SSSR count). The van der Waals surface area contributed by atoms with E-state index >= 15 is 0 Å². The van der Waals surface area contributed by atoms with Crippen LogP contribution in [0.4, 0.5) is 5.69 Å². The number of ether oxygens (including phenoxy) is 5. The molecule has 0 bridgehead atoms. The third kappa shape index (κ3) is 4.62. The topological polar surface area (TPSA) is 116 Å². The molecule has 0 unspecified atom stereocenters. The summed E-state index contributed by atoms with van der Waals surface area (Å²) in [6.07, 6.45) is -2.70. The van der Waals surface area contributed by atoms with Gasteiger partial charge in [0, 0.05) is 17.4 Å². The summed E-state index contributed by atoms with van der Waals surface area (Å²) in [7, 11) is -3.75. The second-order valence-electron chi connectivity index (χ2n) is 9.69. The smallest absolute Gasteiger partial charge is 0.274 e. The maximum absolute atomic E-state index is 14.7. The molecule has 2 aromatic rings. The van der Waals surface area contributed by atoms with E-state index in [9.17, 15) is 14.7 Å². The minimum Gasteiger partial charge on any atom is -0.477 e. The molecular weight excluding hydrogens is 477 g/mol. The molecule has 0 saturated carbocycles. The number of nitro benzene ring substituents is 1. The molecule has 0 aromatic heterocycles. The Balaban J connectivity index is 1.56. The zero-order valence-corrected chi connectivity index (χ0v) is 20.8. The van der Waals surface area contributed by atoms with Gasteiger partial charge in [-0.25, -0.2) is 0 Å². The Kier molecular flexibility index (Phi) is 6.03. The van der Waals surface area contributed by atoms with Gasteiger partial charge in [-0.3, -0.25) is 14.7 Å². The molecule has 3 aliphatic heterocycles. The van der Waals surface area contributed by atoms with Gasteiger partial charge >= 0.3 is 0 Å². The SMILES string of the molecule is CC1(C)O[C@H]2[C@@H]([C@H]3COC(C)(C)O3)O[P@](=O)(c3ccccc3)[C@@H](Oc3ccc([N+](=O)[O-])cc3)[C@H]2O1. The van der Waals surface area contributed by atoms with Crippen LogP contribution >= 0.6 is 7.37 Å². The van der Waals surface area contributed by atoms with Gasteiger partial charge in [0.15, 0.2) is 11.6 Å². The lowest BCUT2D eigenvalue weighted by atomic mass is 10.0. The quantitative estimate of drug-likeness (QED) is 0.338. The Labute approximate surface area is 203 Å². The predicted octanol–water partition coefficient (Wildman–Crippen LogP) is 3.97. The van der Waals surface area contributed by atoms with Crippen molar-refractivity contribution in [2.24, 2.45) is 0 Å². The molecule has 0 amide bonds. The Morgan fingerprint density at radius 1 is 0.914 bits per heavy atom. The molecule has 0 aliphatic carbocycles. The normalized spacial score (nSPS) is 35.4. The highest BCUT2D eigenvalue weighted by Crippen LogP contribution is 2.61. The first-order chi connectivity index (χ1) is 16.5. The van der Waals surface area contributed by atoms with Crippen molar-refractivity contribution >= 4 is 18.4 Å². The number of rotatable bonds is 5. The van der Waals surface area contributed by atoms with E-state index < -0.39 is 54.1 Å². The highest BCUT2D eigenvalue weighted by atomic mass is 31.2. The van der Waals surface area contributed by atoms with Crippen LogP contribution in [0.15, 0.2) is 54.6 Å². The van der Waals surface area contributed by atoms with Crippen molar-refractivity contribution in [1.29, 1.82) is 0 Å². The van der Waals surface area contributed by atoms with Gasteiger partial charge in [-0.1, -0.05) is 18.2 Å². The van der Waals surface area contributed by atoms with Crippen molar-refractivity contribution < 1.29 is 37.7 Å². The third-order valence-electron chi connectivity index (χ3n) is 6.20. The summed E-state index contributed by atoms with van der Waals surface area (Å²) in [6, 6.07) is 14.4. The first-order valence-electron chi connectivity index (χ1n) is 11.4. The molecule has 0 radical (unpaired) electrons. The second-order valence-corrected chi connectivity index (χ2v) is 12.1. The fourth-order valence-electron chi connectivity index (χ4n) is 4.71. The van der Waals surface area contributed by atoms with E-state index in [1.54, 1.807) is 52.0 Å². The first kappa shape index (κ1) is 24.4. The van der Waals surface area contributed by atoms with Crippen LogP contribution in [0.25, 0.3) is 0 Å². The largest absolute Gasteiger partial charge is 0.477 e. The van der Waals surface area contributed by atoms with Gasteiger partial charge in [0.2, 0.25) is 5.85 Å². The number of hydrogen-bond acceptors (Lipinski definition) is 9. The lowest BCUT2D eigenvalue weighted by Crippen LogP contribution is -2.56. The van der Waals surface area contributed by atoms with Crippen molar-refractivity contribution in [2.45, 2.75) is 69.5 Å². The second kappa shape index (κ2) is 8.65. The first-order valence-corrected chi connectivity index (χ1v) is 13.1. The van der Waals surface area contributed by atoms with Crippen LogP contribution < -0.4 is 10.0 Å². The fourth-order valence-corrected chi connectivity index (χ4v) is 7.33. The molecule has 6 atom stereocenters. The molecule has 3 aliphatic rings. The van der Waals surface area contributed by atoms with Crippen LogP contribution in [0.2, 0.25) is 0 Å². The van der Waals surface area contributed by atoms with Crippen molar-refractivity contribution in [3.05, 3.63) is 64.7 Å². The summed E-state index contributed by atoms with van der Waals surface area (Å²) in [5.74, 6) is -2.58. The average Bonchev–Trinajstić information content (AvgIpc) is 3.34. The highest BCUT2D eigenvalue weighted by Gasteiger charge is 2.64. The van der Waals surface area contributed by atoms with Crippen molar-refractivity contribution in [3.63, 3.8) is 0 Å². The van der Waals surface area contributed by atoms with Gasteiger partial charge < -0.3 is 28.2 Å². The number of hydrogen-bond donors (Lipinski definition) is 0. The predicted molar refractivity (Wildman–Crippen MR) is 125 cm³/mol. The number of benzene rings is 2. The Morgan fingerprint density at radius 3 is 2.17 bits per heavy atom. The standard InChI is InChI=1S/C24H28NO9P/c1-23(2)29-14-18(31-23)19-20-21(33-24(3,4)32-20)22(30-16-12-10-15(11-13-16)25(26)27)35(28,34-19)17-8-6-5-7-9-17/h5-13,18-22H,14H2,1-4H3/t18-,19-,20+,21+,22-,35-/m1/s1. The van der Waals surface area contributed by atoms with Gasteiger partial charge in [0.25, 0.3) is 13.1 Å². The lowest BCUT2D eigenvalue weighted by molar-refractivity contribution is -0.384. The van der Waals surface area contributed by atoms with E-state index in [2.05, 4.69) is 0 Å². The van der Waals surface area contributed by atoms with E-state index in [1.807, 2.05) is 6.07 Å². The molecule has 35 heavy (non-hydrogen) atoms. The molecule has 0 N–H and O–H groups in total. The van der Waals surface area contributed by atoms with E-state index in [0.29, 0.717) is 11.1 Å². The van der Waals surface area contributed by atoms with Crippen molar-refractivity contribution in [3.8, 4) is 5.75 Å². The number of nitro groups is 1. The number of fused-ring (bicyclic) bond motifs is 1. The fraction of sp³-hybridized carbons (Fsp3) is 0.500. The zero-order valence-electron chi connectivity index (χ0n) is 19.9. The molecule has 188 valence electrons. The monoisotopic (exact) mass is 505 g/mol. The molecule has 3 heterocycles. The van der Waals surface area contributed by atoms with Crippen LogP contribution in [0.1, 0.15) is 27.7 Å². The molecule has 11 heteroatoms. The summed E-state index contributed by atoms with van der Waals surface area (Å²) in [4.78, 5) is 10.6. The molecular formula is C24H28NO9P. The van der Waals surface area contributed by atoms with Gasteiger partial charge in [-0.15, -0.1) is 0 Å². The van der Waals surface area contributed by atoms with Crippen molar-refractivity contribution in [1.82, 2.24) is 0 Å². The van der Waals surface area contributed by atoms with Crippen LogP contribution in [-0.4, -0.2) is 53.4 Å². The number of nitrogens with zero attached hydrogens (tertiary/aromatic N) is 1. The molecule has 3 saturated heterocycles. The van der Waals surface area contributed by atoms with E-state index in [4.69, 9.17) is 28.2 Å². The maximum Gasteiger partial charge on any atom is 0.274 e. The van der Waals surface area contributed by atoms with E-state index in [-0.39, 0.29) is 12.3 Å². The molecule has 0 spiro atoms. The molecule has 2 aromatic carbocycles. The summed E-state index contributed by atoms with van der Waals surface area (Å²) in [5, 5.41) is 11.5.